The maximum atomic E-state index is 12.9. The van der Waals surface area contributed by atoms with E-state index in [-0.39, 0.29) is 23.5 Å². The maximum Gasteiger partial charge on any atom is 0.308 e. The summed E-state index contributed by atoms with van der Waals surface area (Å²) in [5.74, 6) is 0.113. The molecule has 3 rings (SSSR count). The molecule has 1 saturated heterocycles. The number of hydrogen-bond acceptors (Lipinski definition) is 6. The molecule has 1 amide bonds. The van der Waals surface area contributed by atoms with Gasteiger partial charge in [-0.2, -0.15) is 8.42 Å². The van der Waals surface area contributed by atoms with Crippen LogP contribution < -0.4 is 4.18 Å². The van der Waals surface area contributed by atoms with E-state index in [0.717, 1.165) is 25.0 Å². The second kappa shape index (κ2) is 8.86. The van der Waals surface area contributed by atoms with Crippen molar-refractivity contribution in [3.05, 3.63) is 52.2 Å². The summed E-state index contributed by atoms with van der Waals surface area (Å²) in [5, 5.41) is 1.88. The monoisotopic (exact) mass is 409 g/mol. The lowest BCUT2D eigenvalue weighted by molar-refractivity contribution is 0.0511. The molecule has 0 N–H and O–H groups in total. The second-order valence-corrected chi connectivity index (χ2v) is 9.18. The van der Waals surface area contributed by atoms with Crippen LogP contribution in [0, 0.1) is 0 Å². The number of carbonyl (C=O) groups excluding carboxylic acids is 1. The molecule has 0 spiro atoms. The highest BCUT2D eigenvalue weighted by molar-refractivity contribution is 7.87. The van der Waals surface area contributed by atoms with Gasteiger partial charge in [0.05, 0.1) is 16.7 Å². The van der Waals surface area contributed by atoms with Crippen molar-refractivity contribution in [1.29, 1.82) is 0 Å². The van der Waals surface area contributed by atoms with Crippen molar-refractivity contribution in [3.63, 3.8) is 0 Å². The molecule has 0 unspecified atom stereocenters. The molecule has 2 aromatic rings. The Bertz CT molecular complexity index is 858. The summed E-state index contributed by atoms with van der Waals surface area (Å²) >= 11 is 1.41. The molecular formula is C19H23NO5S2. The van der Waals surface area contributed by atoms with Crippen molar-refractivity contribution >= 4 is 27.4 Å². The number of amides is 1. The summed E-state index contributed by atoms with van der Waals surface area (Å²) in [6, 6.07) is 10.5. The number of ether oxygens (including phenoxy) is 1. The van der Waals surface area contributed by atoms with E-state index in [2.05, 4.69) is 0 Å². The Labute approximate surface area is 163 Å². The van der Waals surface area contributed by atoms with Gasteiger partial charge >= 0.3 is 10.1 Å². The largest absolute Gasteiger partial charge is 0.382 e. The normalized spacial score (nSPS) is 17.0. The van der Waals surface area contributed by atoms with E-state index >= 15 is 0 Å². The molecule has 0 aliphatic carbocycles. The van der Waals surface area contributed by atoms with Crippen LogP contribution in [-0.2, 0) is 21.4 Å². The number of nitrogens with zero attached hydrogens (tertiary/aromatic N) is 1. The Morgan fingerprint density at radius 1 is 1.33 bits per heavy atom. The van der Waals surface area contributed by atoms with Gasteiger partial charge in [-0.3, -0.25) is 4.79 Å². The van der Waals surface area contributed by atoms with E-state index in [0.29, 0.717) is 18.0 Å². The minimum Gasteiger partial charge on any atom is -0.382 e. The van der Waals surface area contributed by atoms with E-state index in [1.165, 1.54) is 18.3 Å². The number of hydrogen-bond donors (Lipinski definition) is 0. The molecular weight excluding hydrogens is 386 g/mol. The van der Waals surface area contributed by atoms with Crippen LogP contribution >= 0.6 is 11.3 Å². The molecule has 0 saturated carbocycles. The molecule has 27 heavy (non-hydrogen) atoms. The number of rotatable bonds is 8. The van der Waals surface area contributed by atoms with E-state index in [4.69, 9.17) is 8.92 Å². The van der Waals surface area contributed by atoms with Crippen molar-refractivity contribution in [2.75, 3.05) is 18.9 Å². The van der Waals surface area contributed by atoms with Gasteiger partial charge in [0.25, 0.3) is 5.91 Å². The second-order valence-electron chi connectivity index (χ2n) is 6.38. The molecule has 1 aromatic heterocycles. The smallest absolute Gasteiger partial charge is 0.308 e. The predicted octanol–water partition coefficient (Wildman–Crippen LogP) is 3.30. The highest BCUT2D eigenvalue weighted by atomic mass is 32.2. The molecule has 0 radical (unpaired) electrons. The Morgan fingerprint density at radius 2 is 2.19 bits per heavy atom. The third-order valence-electron chi connectivity index (χ3n) is 4.32. The van der Waals surface area contributed by atoms with Crippen LogP contribution in [0.1, 0.15) is 35.0 Å². The first-order chi connectivity index (χ1) is 13.0. The van der Waals surface area contributed by atoms with Crippen molar-refractivity contribution in [2.45, 2.75) is 32.4 Å². The van der Waals surface area contributed by atoms with E-state index in [1.807, 2.05) is 23.6 Å². The first-order valence-electron chi connectivity index (χ1n) is 8.92. The Morgan fingerprint density at radius 3 is 2.85 bits per heavy atom. The van der Waals surface area contributed by atoms with Gasteiger partial charge in [-0.1, -0.05) is 18.2 Å². The van der Waals surface area contributed by atoms with Gasteiger partial charge in [0.1, 0.15) is 5.75 Å². The van der Waals surface area contributed by atoms with Crippen LogP contribution in [0.25, 0.3) is 0 Å². The molecule has 1 aliphatic rings. The quantitative estimate of drug-likeness (QED) is 0.626. The van der Waals surface area contributed by atoms with Crippen LogP contribution in [0.4, 0.5) is 0 Å². The zero-order valence-electron chi connectivity index (χ0n) is 15.2. The average molecular weight is 410 g/mol. The van der Waals surface area contributed by atoms with Gasteiger partial charge in [-0.05, 0) is 48.9 Å². The minimum absolute atomic E-state index is 0.0359. The van der Waals surface area contributed by atoms with Crippen LogP contribution in [0.3, 0.4) is 0 Å². The lowest BCUT2D eigenvalue weighted by Crippen LogP contribution is -2.36. The van der Waals surface area contributed by atoms with Crippen LogP contribution in [0.2, 0.25) is 0 Å². The van der Waals surface area contributed by atoms with E-state index in [1.54, 1.807) is 23.1 Å². The fraction of sp³-hybridized carbons (Fsp3) is 0.421. The molecule has 0 bridgehead atoms. The van der Waals surface area contributed by atoms with E-state index < -0.39 is 10.1 Å². The third-order valence-corrected chi connectivity index (χ3v) is 6.33. The van der Waals surface area contributed by atoms with Gasteiger partial charge in [-0.15, -0.1) is 11.3 Å². The Balaban J connectivity index is 1.77. The SMILES string of the molecule is CCS(=O)(=O)Oc1cccc(CN(C[C@@H]2CCCO2)C(=O)c2cccs2)c1. The summed E-state index contributed by atoms with van der Waals surface area (Å²) in [7, 11) is -3.59. The Hall–Kier alpha value is -1.90. The van der Waals surface area contributed by atoms with Gasteiger partial charge in [0.2, 0.25) is 0 Å². The Kier molecular flexibility index (Phi) is 6.51. The lowest BCUT2D eigenvalue weighted by atomic mass is 10.1. The molecule has 1 fully saturated rings. The summed E-state index contributed by atoms with van der Waals surface area (Å²) in [6.07, 6.45) is 1.98. The topological polar surface area (TPSA) is 72.9 Å². The van der Waals surface area contributed by atoms with Gasteiger partial charge in [0, 0.05) is 19.7 Å². The number of thiophene rings is 1. The molecule has 2 heterocycles. The summed E-state index contributed by atoms with van der Waals surface area (Å²) < 4.78 is 34.2. The maximum absolute atomic E-state index is 12.9. The highest BCUT2D eigenvalue weighted by Gasteiger charge is 2.24. The van der Waals surface area contributed by atoms with Crippen LogP contribution in [0.15, 0.2) is 41.8 Å². The van der Waals surface area contributed by atoms with Gasteiger partial charge in [0.15, 0.2) is 0 Å². The number of benzene rings is 1. The zero-order chi connectivity index (χ0) is 19.3. The molecule has 146 valence electrons. The number of carbonyl (C=O) groups is 1. The summed E-state index contributed by atoms with van der Waals surface area (Å²) in [4.78, 5) is 15.3. The van der Waals surface area contributed by atoms with Gasteiger partial charge in [-0.25, -0.2) is 0 Å². The van der Waals surface area contributed by atoms with Gasteiger partial charge < -0.3 is 13.8 Å². The van der Waals surface area contributed by atoms with Crippen LogP contribution in [-0.4, -0.2) is 44.2 Å². The summed E-state index contributed by atoms with van der Waals surface area (Å²) in [5.41, 5.74) is 0.807. The molecule has 6 nitrogen and oxygen atoms in total. The van der Waals surface area contributed by atoms with Crippen molar-refractivity contribution in [3.8, 4) is 5.75 Å². The average Bonchev–Trinajstić information content (AvgIpc) is 3.34. The summed E-state index contributed by atoms with van der Waals surface area (Å²) in [6.45, 7) is 3.13. The van der Waals surface area contributed by atoms with Crippen LogP contribution in [0.5, 0.6) is 5.75 Å². The highest BCUT2D eigenvalue weighted by Crippen LogP contribution is 2.21. The fourth-order valence-electron chi connectivity index (χ4n) is 2.93. The minimum atomic E-state index is -3.59. The molecule has 1 aliphatic heterocycles. The third kappa shape index (κ3) is 5.54. The fourth-order valence-corrected chi connectivity index (χ4v) is 4.14. The van der Waals surface area contributed by atoms with Crippen molar-refractivity contribution < 1.29 is 22.1 Å². The standard InChI is InChI=1S/C19H23NO5S2/c1-2-27(22,23)25-16-7-3-6-15(12-16)13-20(14-17-8-4-10-24-17)19(21)18-9-5-11-26-18/h3,5-7,9,11-12,17H,2,4,8,10,13-14H2,1H3/t17-/m0/s1. The van der Waals surface area contributed by atoms with E-state index in [9.17, 15) is 13.2 Å². The molecule has 8 heteroatoms. The zero-order valence-corrected chi connectivity index (χ0v) is 16.8. The van der Waals surface area contributed by atoms with Crippen molar-refractivity contribution in [1.82, 2.24) is 4.90 Å². The molecule has 1 atom stereocenters. The predicted molar refractivity (Wildman–Crippen MR) is 105 cm³/mol. The van der Waals surface area contributed by atoms with Crippen molar-refractivity contribution in [2.24, 2.45) is 0 Å². The molecule has 1 aromatic carbocycles. The lowest BCUT2D eigenvalue weighted by Gasteiger charge is -2.25. The first-order valence-corrected chi connectivity index (χ1v) is 11.4. The first kappa shape index (κ1) is 19.9.